The second kappa shape index (κ2) is 5.90. The average Bonchev–Trinajstić information content (AvgIpc) is 2.65. The van der Waals surface area contributed by atoms with Gasteiger partial charge in [0, 0.05) is 23.5 Å². The Balaban J connectivity index is 2.79. The van der Waals surface area contributed by atoms with Crippen molar-refractivity contribution in [2.45, 2.75) is 0 Å². The number of nitrogens with two attached hydrogens (primary N) is 4. The van der Waals surface area contributed by atoms with Crippen molar-refractivity contribution in [3.8, 4) is 0 Å². The van der Waals surface area contributed by atoms with Gasteiger partial charge in [-0.2, -0.15) is 10.2 Å². The third kappa shape index (κ3) is 4.46. The summed E-state index contributed by atoms with van der Waals surface area (Å²) < 4.78 is 0. The van der Waals surface area contributed by atoms with Crippen molar-refractivity contribution in [1.82, 2.24) is 4.98 Å². The van der Waals surface area contributed by atoms with E-state index in [4.69, 9.17) is 22.9 Å². The van der Waals surface area contributed by atoms with E-state index in [1.54, 1.807) is 12.4 Å². The molecule has 17 heavy (non-hydrogen) atoms. The summed E-state index contributed by atoms with van der Waals surface area (Å²) in [4.78, 5) is 2.87. The summed E-state index contributed by atoms with van der Waals surface area (Å²) in [6, 6.07) is 0. The van der Waals surface area contributed by atoms with Gasteiger partial charge in [0.1, 0.15) is 0 Å². The molecule has 0 atom stereocenters. The molecule has 9 N–H and O–H groups in total. The monoisotopic (exact) mass is 235 g/mol. The van der Waals surface area contributed by atoms with Crippen molar-refractivity contribution >= 4 is 24.3 Å². The van der Waals surface area contributed by atoms with E-state index in [-0.39, 0.29) is 11.9 Å². The summed E-state index contributed by atoms with van der Waals surface area (Å²) in [6.07, 6.45) is 6.32. The summed E-state index contributed by atoms with van der Waals surface area (Å²) in [7, 11) is 0. The fourth-order valence-electron chi connectivity index (χ4n) is 0.927. The molecule has 9 heteroatoms. The van der Waals surface area contributed by atoms with E-state index >= 15 is 0 Å². The first-order valence-electron chi connectivity index (χ1n) is 4.50. The Morgan fingerprint density at radius 2 is 1.29 bits per heavy atom. The van der Waals surface area contributed by atoms with E-state index in [1.807, 2.05) is 0 Å². The minimum absolute atomic E-state index is 0.118. The Labute approximate surface area is 97.0 Å². The first-order valence-corrected chi connectivity index (χ1v) is 4.50. The summed E-state index contributed by atoms with van der Waals surface area (Å²) in [5.41, 5.74) is 22.0. The Hall–Kier alpha value is -2.84. The number of hydrogen-bond donors (Lipinski definition) is 5. The SMILES string of the molecule is NC(N)=N/N=C/c1c[nH]cc1/C=N/N=C(N)N. The predicted molar refractivity (Wildman–Crippen MR) is 67.6 cm³/mol. The first kappa shape index (κ1) is 12.2. The number of guanidine groups is 2. The van der Waals surface area contributed by atoms with Crippen molar-refractivity contribution in [2.24, 2.45) is 43.3 Å². The van der Waals surface area contributed by atoms with Gasteiger partial charge in [0.2, 0.25) is 11.9 Å². The first-order chi connectivity index (χ1) is 8.09. The third-order valence-corrected chi connectivity index (χ3v) is 1.55. The molecule has 0 aliphatic carbocycles. The van der Waals surface area contributed by atoms with Gasteiger partial charge >= 0.3 is 0 Å². The van der Waals surface area contributed by atoms with Crippen molar-refractivity contribution < 1.29 is 0 Å². The summed E-state index contributed by atoms with van der Waals surface area (Å²) in [5.74, 6) is -0.236. The van der Waals surface area contributed by atoms with Gasteiger partial charge < -0.3 is 27.9 Å². The van der Waals surface area contributed by atoms with Gasteiger partial charge in [-0.3, -0.25) is 0 Å². The van der Waals surface area contributed by atoms with Crippen LogP contribution in [0.4, 0.5) is 0 Å². The molecule has 0 aliphatic heterocycles. The van der Waals surface area contributed by atoms with E-state index < -0.39 is 0 Å². The summed E-state index contributed by atoms with van der Waals surface area (Å²) in [5, 5.41) is 14.3. The Bertz CT molecular complexity index is 428. The standard InChI is InChI=1S/C8H13N9/c9-7(10)16-14-3-5-1-13-2-6(5)4-15-17-8(11)12/h1-4,13H,(H4,9,10,16)(H4,11,12,17)/b14-3+,15-4+. The molecule has 0 radical (unpaired) electrons. The number of aromatic amines is 1. The molecular weight excluding hydrogens is 222 g/mol. The Morgan fingerprint density at radius 1 is 0.882 bits per heavy atom. The van der Waals surface area contributed by atoms with Crippen molar-refractivity contribution in [3.63, 3.8) is 0 Å². The minimum Gasteiger partial charge on any atom is -0.369 e. The van der Waals surface area contributed by atoms with Crippen molar-refractivity contribution in [1.29, 1.82) is 0 Å². The van der Waals surface area contributed by atoms with Crippen LogP contribution in [0, 0.1) is 0 Å². The zero-order chi connectivity index (χ0) is 12.7. The third-order valence-electron chi connectivity index (χ3n) is 1.55. The van der Waals surface area contributed by atoms with Crippen molar-refractivity contribution in [3.05, 3.63) is 23.5 Å². The van der Waals surface area contributed by atoms with Crippen LogP contribution in [0.1, 0.15) is 11.1 Å². The second-order valence-corrected chi connectivity index (χ2v) is 2.90. The minimum atomic E-state index is -0.118. The fourth-order valence-corrected chi connectivity index (χ4v) is 0.927. The largest absolute Gasteiger partial charge is 0.369 e. The van der Waals surface area contributed by atoms with Crippen LogP contribution in [-0.4, -0.2) is 29.3 Å². The molecule has 0 aromatic carbocycles. The molecule has 9 nitrogen and oxygen atoms in total. The smallest absolute Gasteiger partial charge is 0.211 e. The molecule has 1 aromatic rings. The molecule has 0 aliphatic rings. The fraction of sp³-hybridized carbons (Fsp3) is 0. The number of nitrogens with zero attached hydrogens (tertiary/aromatic N) is 4. The molecule has 0 saturated carbocycles. The molecule has 0 spiro atoms. The van der Waals surface area contributed by atoms with Crippen LogP contribution in [0.3, 0.4) is 0 Å². The number of rotatable bonds is 4. The van der Waals surface area contributed by atoms with Crippen molar-refractivity contribution in [2.75, 3.05) is 0 Å². The maximum absolute atomic E-state index is 5.12. The van der Waals surface area contributed by atoms with Crippen LogP contribution in [0.25, 0.3) is 0 Å². The lowest BCUT2D eigenvalue weighted by molar-refractivity contribution is 1.21. The number of H-pyrrole nitrogens is 1. The Morgan fingerprint density at radius 3 is 1.65 bits per heavy atom. The molecule has 0 saturated heterocycles. The van der Waals surface area contributed by atoms with Crippen LogP contribution >= 0.6 is 0 Å². The molecule has 0 amide bonds. The van der Waals surface area contributed by atoms with Gasteiger partial charge in [0.15, 0.2) is 0 Å². The van der Waals surface area contributed by atoms with Gasteiger partial charge in [-0.05, 0) is 0 Å². The zero-order valence-electron chi connectivity index (χ0n) is 8.91. The molecule has 0 bridgehead atoms. The molecule has 0 unspecified atom stereocenters. The topological polar surface area (TPSA) is 169 Å². The summed E-state index contributed by atoms with van der Waals surface area (Å²) >= 11 is 0. The normalized spacial score (nSPS) is 10.8. The lowest BCUT2D eigenvalue weighted by atomic mass is 10.2. The van der Waals surface area contributed by atoms with E-state index in [0.717, 1.165) is 11.1 Å². The van der Waals surface area contributed by atoms with Gasteiger partial charge in [0.05, 0.1) is 12.4 Å². The maximum Gasteiger partial charge on any atom is 0.211 e. The average molecular weight is 235 g/mol. The molecular formula is C8H13N9. The predicted octanol–water partition coefficient (Wildman–Crippen LogP) is -1.77. The van der Waals surface area contributed by atoms with Crippen LogP contribution in [0.15, 0.2) is 32.8 Å². The lowest BCUT2D eigenvalue weighted by Gasteiger charge is -1.88. The van der Waals surface area contributed by atoms with Gasteiger partial charge in [-0.15, -0.1) is 10.2 Å². The molecule has 1 heterocycles. The van der Waals surface area contributed by atoms with E-state index in [2.05, 4.69) is 25.4 Å². The number of hydrogen-bond acceptors (Lipinski definition) is 4. The highest BCUT2D eigenvalue weighted by Crippen LogP contribution is 2.02. The van der Waals surface area contributed by atoms with Gasteiger partial charge in [-0.25, -0.2) is 0 Å². The van der Waals surface area contributed by atoms with Gasteiger partial charge in [-0.1, -0.05) is 0 Å². The van der Waals surface area contributed by atoms with Gasteiger partial charge in [0.25, 0.3) is 0 Å². The molecule has 0 fully saturated rings. The zero-order valence-corrected chi connectivity index (χ0v) is 8.91. The molecule has 1 rings (SSSR count). The van der Waals surface area contributed by atoms with E-state index in [0.29, 0.717) is 0 Å². The van der Waals surface area contributed by atoms with Crippen LogP contribution in [0.5, 0.6) is 0 Å². The highest BCUT2D eigenvalue weighted by Gasteiger charge is 1.97. The van der Waals surface area contributed by atoms with E-state index in [1.165, 1.54) is 12.4 Å². The van der Waals surface area contributed by atoms with Crippen LogP contribution in [0.2, 0.25) is 0 Å². The molecule has 1 aromatic heterocycles. The highest BCUT2D eigenvalue weighted by molar-refractivity contribution is 5.94. The van der Waals surface area contributed by atoms with E-state index in [9.17, 15) is 0 Å². The second-order valence-electron chi connectivity index (χ2n) is 2.90. The van der Waals surface area contributed by atoms with Crippen LogP contribution < -0.4 is 22.9 Å². The quantitative estimate of drug-likeness (QED) is 0.236. The number of aromatic nitrogens is 1. The lowest BCUT2D eigenvalue weighted by Crippen LogP contribution is -2.21. The maximum atomic E-state index is 5.12. The number of nitrogens with one attached hydrogen (secondary N) is 1. The van der Waals surface area contributed by atoms with Crippen LogP contribution in [-0.2, 0) is 0 Å². The molecule has 90 valence electrons. The highest BCUT2D eigenvalue weighted by atomic mass is 15.3. The Kier molecular flexibility index (Phi) is 4.25. The summed E-state index contributed by atoms with van der Waals surface area (Å²) in [6.45, 7) is 0.